The smallest absolute Gasteiger partial charge is 0.227 e. The van der Waals surface area contributed by atoms with E-state index in [9.17, 15) is 4.79 Å². The van der Waals surface area contributed by atoms with Gasteiger partial charge in [-0.1, -0.05) is 26.0 Å². The lowest BCUT2D eigenvalue weighted by Gasteiger charge is -2.25. The standard InChI is InChI=1S/C20H29N3O2/c1-12(2)19(16-8-10-17(25-7)11-9-16)21-20(24)13(3)18-14(4)22-23(6)15(18)5/h8-13,19H,1-7H3,(H,21,24)/t13-,19+/m1/s1. The Bertz CT molecular complexity index is 732. The molecule has 0 aliphatic carbocycles. The van der Waals surface area contributed by atoms with Crippen molar-refractivity contribution in [2.24, 2.45) is 13.0 Å². The van der Waals surface area contributed by atoms with Gasteiger partial charge in [0.25, 0.3) is 0 Å². The van der Waals surface area contributed by atoms with E-state index in [0.717, 1.165) is 28.3 Å². The third kappa shape index (κ3) is 4.03. The largest absolute Gasteiger partial charge is 0.497 e. The van der Waals surface area contributed by atoms with Gasteiger partial charge >= 0.3 is 0 Å². The molecule has 1 N–H and O–H groups in total. The SMILES string of the molecule is COc1ccc([C@@H](NC(=O)[C@H](C)c2c(C)nn(C)c2C)C(C)C)cc1. The van der Waals surface area contributed by atoms with Crippen LogP contribution >= 0.6 is 0 Å². The van der Waals surface area contributed by atoms with Gasteiger partial charge in [-0.25, -0.2) is 0 Å². The number of aromatic nitrogens is 2. The van der Waals surface area contributed by atoms with Crippen LogP contribution in [0.1, 0.15) is 55.2 Å². The third-order valence-corrected chi connectivity index (χ3v) is 4.83. The van der Waals surface area contributed by atoms with Crippen molar-refractivity contribution in [1.82, 2.24) is 15.1 Å². The molecule has 5 heteroatoms. The number of nitrogens with zero attached hydrogens (tertiary/aromatic N) is 2. The molecule has 0 saturated carbocycles. The van der Waals surface area contributed by atoms with Crippen molar-refractivity contribution >= 4 is 5.91 Å². The molecule has 1 aromatic heterocycles. The quantitative estimate of drug-likeness (QED) is 0.871. The molecule has 2 aromatic rings. The predicted molar refractivity (Wildman–Crippen MR) is 99.8 cm³/mol. The van der Waals surface area contributed by atoms with Crippen molar-refractivity contribution < 1.29 is 9.53 Å². The van der Waals surface area contributed by atoms with Crippen LogP contribution in [-0.2, 0) is 11.8 Å². The summed E-state index contributed by atoms with van der Waals surface area (Å²) in [5, 5.41) is 7.64. The maximum atomic E-state index is 12.9. The van der Waals surface area contributed by atoms with Crippen LogP contribution in [0.5, 0.6) is 5.75 Å². The van der Waals surface area contributed by atoms with Crippen molar-refractivity contribution in [2.45, 2.75) is 46.6 Å². The molecule has 2 atom stereocenters. The molecular formula is C20H29N3O2. The van der Waals surface area contributed by atoms with Gasteiger partial charge in [-0.3, -0.25) is 9.48 Å². The van der Waals surface area contributed by atoms with Gasteiger partial charge in [0.2, 0.25) is 5.91 Å². The highest BCUT2D eigenvalue weighted by Gasteiger charge is 2.26. The highest BCUT2D eigenvalue weighted by molar-refractivity contribution is 5.84. The monoisotopic (exact) mass is 343 g/mol. The summed E-state index contributed by atoms with van der Waals surface area (Å²) < 4.78 is 7.05. The van der Waals surface area contributed by atoms with Crippen LogP contribution in [0.4, 0.5) is 0 Å². The maximum absolute atomic E-state index is 12.9. The van der Waals surface area contributed by atoms with Gasteiger partial charge in [0.15, 0.2) is 0 Å². The van der Waals surface area contributed by atoms with Crippen LogP contribution in [0.25, 0.3) is 0 Å². The molecule has 5 nitrogen and oxygen atoms in total. The minimum atomic E-state index is -0.242. The number of aryl methyl sites for hydroxylation is 2. The van der Waals surface area contributed by atoms with E-state index in [2.05, 4.69) is 24.3 Å². The molecule has 1 aromatic carbocycles. The second kappa shape index (κ2) is 7.72. The van der Waals surface area contributed by atoms with Crippen molar-refractivity contribution in [3.63, 3.8) is 0 Å². The molecule has 25 heavy (non-hydrogen) atoms. The minimum Gasteiger partial charge on any atom is -0.497 e. The first-order valence-corrected chi connectivity index (χ1v) is 8.70. The number of carbonyl (C=O) groups is 1. The summed E-state index contributed by atoms with van der Waals surface area (Å²) in [7, 11) is 3.56. The first-order chi connectivity index (χ1) is 11.8. The second-order valence-corrected chi connectivity index (χ2v) is 6.93. The highest BCUT2D eigenvalue weighted by atomic mass is 16.5. The third-order valence-electron chi connectivity index (χ3n) is 4.83. The average molecular weight is 343 g/mol. The van der Waals surface area contributed by atoms with Gasteiger partial charge in [-0.05, 0) is 44.4 Å². The van der Waals surface area contributed by atoms with E-state index in [4.69, 9.17) is 4.74 Å². The van der Waals surface area contributed by atoms with Crippen molar-refractivity contribution in [3.05, 3.63) is 46.8 Å². The molecule has 2 rings (SSSR count). The Kier molecular flexibility index (Phi) is 5.88. The van der Waals surface area contributed by atoms with Crippen LogP contribution < -0.4 is 10.1 Å². The number of ether oxygens (including phenoxy) is 1. The Morgan fingerprint density at radius 2 is 1.76 bits per heavy atom. The Labute approximate surface area is 150 Å². The summed E-state index contributed by atoms with van der Waals surface area (Å²) in [5.74, 6) is 0.870. The van der Waals surface area contributed by atoms with E-state index < -0.39 is 0 Å². The average Bonchev–Trinajstić information content (AvgIpc) is 2.84. The molecule has 0 bridgehead atoms. The molecule has 0 unspecified atom stereocenters. The number of methoxy groups -OCH3 is 1. The lowest BCUT2D eigenvalue weighted by Crippen LogP contribution is -2.34. The lowest BCUT2D eigenvalue weighted by atomic mass is 9.93. The van der Waals surface area contributed by atoms with Gasteiger partial charge in [-0.15, -0.1) is 0 Å². The fraction of sp³-hybridized carbons (Fsp3) is 0.500. The van der Waals surface area contributed by atoms with Gasteiger partial charge in [0.05, 0.1) is 24.8 Å². The first kappa shape index (κ1) is 19.0. The van der Waals surface area contributed by atoms with Crippen LogP contribution in [0.15, 0.2) is 24.3 Å². The fourth-order valence-corrected chi connectivity index (χ4v) is 3.27. The minimum absolute atomic E-state index is 0.0220. The van der Waals surface area contributed by atoms with Gasteiger partial charge in [-0.2, -0.15) is 5.10 Å². The molecular weight excluding hydrogens is 314 g/mol. The van der Waals surface area contributed by atoms with Crippen molar-refractivity contribution in [1.29, 1.82) is 0 Å². The summed E-state index contributed by atoms with van der Waals surface area (Å²) in [5.41, 5.74) is 4.03. The lowest BCUT2D eigenvalue weighted by molar-refractivity contribution is -0.123. The Hall–Kier alpha value is -2.30. The van der Waals surface area contributed by atoms with E-state index in [1.807, 2.05) is 56.8 Å². The number of hydrogen-bond donors (Lipinski definition) is 1. The number of carbonyl (C=O) groups excluding carboxylic acids is 1. The highest BCUT2D eigenvalue weighted by Crippen LogP contribution is 2.27. The van der Waals surface area contributed by atoms with E-state index >= 15 is 0 Å². The topological polar surface area (TPSA) is 56.1 Å². The zero-order valence-corrected chi connectivity index (χ0v) is 16.3. The second-order valence-electron chi connectivity index (χ2n) is 6.93. The Balaban J connectivity index is 2.22. The van der Waals surface area contributed by atoms with Crippen LogP contribution in [0.3, 0.4) is 0 Å². The first-order valence-electron chi connectivity index (χ1n) is 8.70. The van der Waals surface area contributed by atoms with Gasteiger partial charge < -0.3 is 10.1 Å². The molecule has 0 fully saturated rings. The van der Waals surface area contributed by atoms with Gasteiger partial charge in [0.1, 0.15) is 5.75 Å². The molecule has 1 amide bonds. The molecule has 0 spiro atoms. The normalized spacial score (nSPS) is 13.6. The van der Waals surface area contributed by atoms with Crippen LogP contribution in [-0.4, -0.2) is 22.8 Å². The molecule has 0 saturated heterocycles. The summed E-state index contributed by atoms with van der Waals surface area (Å²) in [6, 6.07) is 7.83. The summed E-state index contributed by atoms with van der Waals surface area (Å²) >= 11 is 0. The summed E-state index contributed by atoms with van der Waals surface area (Å²) in [6.45, 7) is 10.1. The molecule has 136 valence electrons. The van der Waals surface area contributed by atoms with Crippen molar-refractivity contribution in [2.75, 3.05) is 7.11 Å². The van der Waals surface area contributed by atoms with E-state index in [0.29, 0.717) is 0 Å². The maximum Gasteiger partial charge on any atom is 0.227 e. The predicted octanol–water partition coefficient (Wildman–Crippen LogP) is 3.66. The number of amides is 1. The number of rotatable bonds is 6. The summed E-state index contributed by atoms with van der Waals surface area (Å²) in [6.07, 6.45) is 0. The van der Waals surface area contributed by atoms with Crippen LogP contribution in [0.2, 0.25) is 0 Å². The van der Waals surface area contributed by atoms with E-state index in [1.165, 1.54) is 0 Å². The Morgan fingerprint density at radius 1 is 1.16 bits per heavy atom. The fourth-order valence-electron chi connectivity index (χ4n) is 3.27. The summed E-state index contributed by atoms with van der Waals surface area (Å²) in [4.78, 5) is 12.9. The number of nitrogens with one attached hydrogen (secondary N) is 1. The zero-order chi connectivity index (χ0) is 18.7. The molecule has 0 aliphatic heterocycles. The van der Waals surface area contributed by atoms with E-state index in [-0.39, 0.29) is 23.8 Å². The van der Waals surface area contributed by atoms with Crippen LogP contribution in [0, 0.1) is 19.8 Å². The molecule has 0 aliphatic rings. The Morgan fingerprint density at radius 3 is 2.20 bits per heavy atom. The van der Waals surface area contributed by atoms with Gasteiger partial charge in [0, 0.05) is 18.3 Å². The number of hydrogen-bond acceptors (Lipinski definition) is 3. The number of benzene rings is 1. The molecule has 0 radical (unpaired) electrons. The van der Waals surface area contributed by atoms with E-state index in [1.54, 1.807) is 7.11 Å². The van der Waals surface area contributed by atoms with Crippen molar-refractivity contribution in [3.8, 4) is 5.75 Å². The molecule has 1 heterocycles. The zero-order valence-electron chi connectivity index (χ0n) is 16.3.